The summed E-state index contributed by atoms with van der Waals surface area (Å²) in [6.07, 6.45) is 9.53. The zero-order valence-corrected chi connectivity index (χ0v) is 11.8. The summed E-state index contributed by atoms with van der Waals surface area (Å²) >= 11 is 0. The van der Waals surface area contributed by atoms with Gasteiger partial charge in [0.2, 0.25) is 5.91 Å². The first-order valence-corrected chi connectivity index (χ1v) is 7.37. The molecule has 1 aliphatic carbocycles. The molecule has 2 nitrogen and oxygen atoms in total. The second-order valence-electron chi connectivity index (χ2n) is 6.15. The normalized spacial score (nSPS) is 18.6. The van der Waals surface area contributed by atoms with Crippen LogP contribution in [0.25, 0.3) is 0 Å². The Morgan fingerprint density at radius 2 is 1.82 bits per heavy atom. The lowest BCUT2D eigenvalue weighted by atomic mass is 10.0. The predicted octanol–water partition coefficient (Wildman–Crippen LogP) is 3.90. The lowest BCUT2D eigenvalue weighted by molar-refractivity contribution is -0.122. The molecule has 100 valence electrons. The van der Waals surface area contributed by atoms with Crippen molar-refractivity contribution in [2.45, 2.75) is 78.2 Å². The van der Waals surface area contributed by atoms with Crippen LogP contribution in [0.3, 0.4) is 0 Å². The fraction of sp³-hybridized carbons (Fsp3) is 0.933. The Morgan fingerprint density at radius 3 is 2.41 bits per heavy atom. The minimum atomic E-state index is 0.272. The van der Waals surface area contributed by atoms with Gasteiger partial charge < -0.3 is 5.32 Å². The van der Waals surface area contributed by atoms with E-state index in [2.05, 4.69) is 26.1 Å². The average Bonchev–Trinajstić information content (AvgIpc) is 2.69. The van der Waals surface area contributed by atoms with E-state index >= 15 is 0 Å². The highest BCUT2D eigenvalue weighted by Crippen LogP contribution is 2.27. The molecule has 0 aromatic carbocycles. The first-order chi connectivity index (χ1) is 8.08. The maximum absolute atomic E-state index is 11.8. The Balaban J connectivity index is 2.07. The van der Waals surface area contributed by atoms with Crippen molar-refractivity contribution >= 4 is 5.91 Å². The minimum absolute atomic E-state index is 0.272. The summed E-state index contributed by atoms with van der Waals surface area (Å²) in [5.41, 5.74) is 0. The molecular weight excluding hydrogens is 210 g/mol. The summed E-state index contributed by atoms with van der Waals surface area (Å²) in [5.74, 6) is 1.71. The second kappa shape index (κ2) is 7.73. The number of carbonyl (C=O) groups excluding carboxylic acids is 1. The van der Waals surface area contributed by atoms with E-state index in [4.69, 9.17) is 0 Å². The molecule has 0 aromatic heterocycles. The van der Waals surface area contributed by atoms with Crippen molar-refractivity contribution in [3.8, 4) is 0 Å². The minimum Gasteiger partial charge on any atom is -0.354 e. The van der Waals surface area contributed by atoms with Gasteiger partial charge in [-0.3, -0.25) is 4.79 Å². The average molecular weight is 239 g/mol. The quantitative estimate of drug-likeness (QED) is 0.717. The predicted molar refractivity (Wildman–Crippen MR) is 72.9 cm³/mol. The molecule has 1 unspecified atom stereocenters. The molecule has 2 heteroatoms. The highest BCUT2D eigenvalue weighted by Gasteiger charge is 2.19. The van der Waals surface area contributed by atoms with Gasteiger partial charge in [-0.2, -0.15) is 0 Å². The summed E-state index contributed by atoms with van der Waals surface area (Å²) in [7, 11) is 0. The van der Waals surface area contributed by atoms with E-state index in [1.54, 1.807) is 0 Å². The zero-order valence-electron chi connectivity index (χ0n) is 11.8. The highest BCUT2D eigenvalue weighted by molar-refractivity contribution is 5.76. The van der Waals surface area contributed by atoms with Crippen LogP contribution in [0.5, 0.6) is 0 Å². The van der Waals surface area contributed by atoms with Crippen LogP contribution in [-0.4, -0.2) is 11.9 Å². The summed E-state index contributed by atoms with van der Waals surface area (Å²) in [5, 5.41) is 3.14. The lowest BCUT2D eigenvalue weighted by Gasteiger charge is -2.16. The Hall–Kier alpha value is -0.530. The molecule has 1 rings (SSSR count). The molecule has 0 spiro atoms. The van der Waals surface area contributed by atoms with Crippen LogP contribution in [0, 0.1) is 11.8 Å². The van der Waals surface area contributed by atoms with E-state index < -0.39 is 0 Å². The summed E-state index contributed by atoms with van der Waals surface area (Å²) in [6.45, 7) is 6.64. The third kappa shape index (κ3) is 6.70. The number of amides is 1. The van der Waals surface area contributed by atoms with Crippen LogP contribution in [0.4, 0.5) is 0 Å². The largest absolute Gasteiger partial charge is 0.354 e. The van der Waals surface area contributed by atoms with Gasteiger partial charge in [-0.1, -0.05) is 39.5 Å². The van der Waals surface area contributed by atoms with Gasteiger partial charge in [-0.25, -0.2) is 0 Å². The van der Waals surface area contributed by atoms with Gasteiger partial charge in [-0.15, -0.1) is 0 Å². The van der Waals surface area contributed by atoms with E-state index in [0.717, 1.165) is 18.8 Å². The highest BCUT2D eigenvalue weighted by atomic mass is 16.1. The molecule has 0 radical (unpaired) electrons. The van der Waals surface area contributed by atoms with Crippen molar-refractivity contribution in [3.05, 3.63) is 0 Å². The topological polar surface area (TPSA) is 29.1 Å². The Morgan fingerprint density at radius 1 is 1.18 bits per heavy atom. The van der Waals surface area contributed by atoms with E-state index in [1.807, 2.05) is 0 Å². The number of nitrogens with one attached hydrogen (secondary N) is 1. The van der Waals surface area contributed by atoms with E-state index in [-0.39, 0.29) is 5.91 Å². The fourth-order valence-electron chi connectivity index (χ4n) is 2.71. The van der Waals surface area contributed by atoms with Crippen molar-refractivity contribution in [1.29, 1.82) is 0 Å². The van der Waals surface area contributed by atoms with Crippen molar-refractivity contribution < 1.29 is 4.79 Å². The van der Waals surface area contributed by atoms with E-state index in [9.17, 15) is 4.79 Å². The Kier molecular flexibility index (Phi) is 6.61. The molecule has 0 aromatic rings. The van der Waals surface area contributed by atoms with Gasteiger partial charge in [0.25, 0.3) is 0 Å². The number of hydrogen-bond acceptors (Lipinski definition) is 1. The maximum Gasteiger partial charge on any atom is 0.220 e. The van der Waals surface area contributed by atoms with Crippen LogP contribution in [0.15, 0.2) is 0 Å². The molecule has 1 aliphatic rings. The standard InChI is InChI=1S/C15H29NO/c1-12(2)7-6-8-13(3)16-15(17)11-14-9-4-5-10-14/h12-14H,4-11H2,1-3H3,(H,16,17). The van der Waals surface area contributed by atoms with Gasteiger partial charge in [0, 0.05) is 12.5 Å². The molecule has 1 fully saturated rings. The Labute approximate surface area is 107 Å². The van der Waals surface area contributed by atoms with Crippen molar-refractivity contribution in [3.63, 3.8) is 0 Å². The van der Waals surface area contributed by atoms with Gasteiger partial charge >= 0.3 is 0 Å². The maximum atomic E-state index is 11.8. The first kappa shape index (κ1) is 14.5. The number of rotatable bonds is 7. The summed E-state index contributed by atoms with van der Waals surface area (Å²) < 4.78 is 0. The third-order valence-corrected chi connectivity index (χ3v) is 3.77. The van der Waals surface area contributed by atoms with Crippen LogP contribution >= 0.6 is 0 Å². The summed E-state index contributed by atoms with van der Waals surface area (Å²) in [4.78, 5) is 11.8. The molecule has 1 saturated carbocycles. The van der Waals surface area contributed by atoms with Crippen LogP contribution in [0.1, 0.15) is 72.1 Å². The first-order valence-electron chi connectivity index (χ1n) is 7.37. The molecule has 17 heavy (non-hydrogen) atoms. The second-order valence-corrected chi connectivity index (χ2v) is 6.15. The number of carbonyl (C=O) groups is 1. The molecule has 0 saturated heterocycles. The molecule has 0 bridgehead atoms. The zero-order chi connectivity index (χ0) is 12.7. The SMILES string of the molecule is CC(C)CCCC(C)NC(=O)CC1CCCC1. The van der Waals surface area contributed by atoms with Gasteiger partial charge in [0.15, 0.2) is 0 Å². The van der Waals surface area contributed by atoms with Crippen molar-refractivity contribution in [1.82, 2.24) is 5.32 Å². The van der Waals surface area contributed by atoms with Crippen molar-refractivity contribution in [2.24, 2.45) is 11.8 Å². The molecule has 0 aliphatic heterocycles. The molecule has 1 atom stereocenters. The smallest absolute Gasteiger partial charge is 0.220 e. The van der Waals surface area contributed by atoms with E-state index in [0.29, 0.717) is 12.0 Å². The van der Waals surface area contributed by atoms with Gasteiger partial charge in [-0.05, 0) is 38.0 Å². The number of hydrogen-bond donors (Lipinski definition) is 1. The van der Waals surface area contributed by atoms with Gasteiger partial charge in [0.05, 0.1) is 0 Å². The monoisotopic (exact) mass is 239 g/mol. The van der Waals surface area contributed by atoms with Crippen LogP contribution in [0.2, 0.25) is 0 Å². The molecule has 1 amide bonds. The third-order valence-electron chi connectivity index (χ3n) is 3.77. The molecular formula is C15H29NO. The van der Waals surface area contributed by atoms with Crippen molar-refractivity contribution in [2.75, 3.05) is 0 Å². The molecule has 0 heterocycles. The van der Waals surface area contributed by atoms with Crippen LogP contribution in [-0.2, 0) is 4.79 Å². The van der Waals surface area contributed by atoms with Crippen LogP contribution < -0.4 is 5.32 Å². The van der Waals surface area contributed by atoms with E-state index in [1.165, 1.54) is 38.5 Å². The fourth-order valence-corrected chi connectivity index (χ4v) is 2.71. The molecule has 1 N–H and O–H groups in total. The van der Waals surface area contributed by atoms with Gasteiger partial charge in [0.1, 0.15) is 0 Å². The Bertz CT molecular complexity index is 219. The lowest BCUT2D eigenvalue weighted by Crippen LogP contribution is -2.33. The summed E-state index contributed by atoms with van der Waals surface area (Å²) in [6, 6.07) is 0.350.